The fourth-order valence-corrected chi connectivity index (χ4v) is 2.37. The zero-order valence-electron chi connectivity index (χ0n) is 9.74. The quantitative estimate of drug-likeness (QED) is 0.777. The molecule has 0 radical (unpaired) electrons. The maximum atomic E-state index is 13.4. The van der Waals surface area contributed by atoms with Gasteiger partial charge >= 0.3 is 0 Å². The third kappa shape index (κ3) is 2.57. The van der Waals surface area contributed by atoms with Crippen LogP contribution in [-0.4, -0.2) is 11.0 Å². The minimum atomic E-state index is -0.607. The molecule has 1 amide bonds. The van der Waals surface area contributed by atoms with Gasteiger partial charge in [-0.1, -0.05) is 13.3 Å². The van der Waals surface area contributed by atoms with E-state index in [-0.39, 0.29) is 23.3 Å². The Balaban J connectivity index is 2.07. The fourth-order valence-electron chi connectivity index (χ4n) is 2.37. The smallest absolute Gasteiger partial charge is 0.227 e. The summed E-state index contributed by atoms with van der Waals surface area (Å²) in [6.45, 7) is 2.05. The van der Waals surface area contributed by atoms with E-state index >= 15 is 0 Å². The van der Waals surface area contributed by atoms with Crippen LogP contribution in [0.15, 0.2) is 18.2 Å². The number of carbonyl (C=O) groups is 1. The van der Waals surface area contributed by atoms with Gasteiger partial charge in [0.15, 0.2) is 0 Å². The molecule has 1 aliphatic carbocycles. The number of phenols is 1. The largest absolute Gasteiger partial charge is 0.508 e. The predicted octanol–water partition coefficient (Wildman–Crippen LogP) is 2.91. The number of anilines is 1. The molecule has 92 valence electrons. The lowest BCUT2D eigenvalue weighted by molar-refractivity contribution is -0.120. The number of rotatable bonds is 2. The summed E-state index contributed by atoms with van der Waals surface area (Å²) in [6, 6.07) is 3.73. The Labute approximate surface area is 99.7 Å². The maximum Gasteiger partial charge on any atom is 0.227 e. The molecule has 0 saturated heterocycles. The summed E-state index contributed by atoms with van der Waals surface area (Å²) in [4.78, 5) is 11.9. The van der Waals surface area contributed by atoms with Gasteiger partial charge in [-0.15, -0.1) is 0 Å². The number of hydrogen-bond donors (Lipinski definition) is 2. The highest BCUT2D eigenvalue weighted by Gasteiger charge is 2.29. The zero-order valence-corrected chi connectivity index (χ0v) is 9.74. The topological polar surface area (TPSA) is 49.3 Å². The first-order chi connectivity index (χ1) is 8.08. The van der Waals surface area contributed by atoms with E-state index in [1.807, 2.05) is 6.92 Å². The first kappa shape index (κ1) is 11.9. The van der Waals surface area contributed by atoms with Crippen LogP contribution >= 0.6 is 0 Å². The van der Waals surface area contributed by atoms with E-state index in [4.69, 9.17) is 5.11 Å². The van der Waals surface area contributed by atoms with Crippen LogP contribution in [0.5, 0.6) is 5.75 Å². The monoisotopic (exact) mass is 237 g/mol. The molecule has 1 saturated carbocycles. The molecular formula is C13H16FNO2. The van der Waals surface area contributed by atoms with Crippen molar-refractivity contribution >= 4 is 11.6 Å². The third-order valence-corrected chi connectivity index (χ3v) is 3.41. The molecule has 1 aromatic rings. The predicted molar refractivity (Wildman–Crippen MR) is 63.2 cm³/mol. The van der Waals surface area contributed by atoms with Gasteiger partial charge in [-0.3, -0.25) is 4.79 Å². The molecule has 0 aromatic heterocycles. The number of phenolic OH excluding ortho intramolecular Hbond substituents is 1. The van der Waals surface area contributed by atoms with Crippen LogP contribution in [-0.2, 0) is 4.79 Å². The van der Waals surface area contributed by atoms with Gasteiger partial charge < -0.3 is 10.4 Å². The van der Waals surface area contributed by atoms with E-state index in [2.05, 4.69) is 5.32 Å². The molecule has 2 rings (SSSR count). The minimum Gasteiger partial charge on any atom is -0.508 e. The number of halogens is 1. The second-order valence-electron chi connectivity index (χ2n) is 4.67. The summed E-state index contributed by atoms with van der Waals surface area (Å²) in [5, 5.41) is 11.7. The van der Waals surface area contributed by atoms with Gasteiger partial charge in [0.2, 0.25) is 5.91 Å². The molecule has 1 aromatic carbocycles. The van der Waals surface area contributed by atoms with Gasteiger partial charge in [-0.2, -0.15) is 0 Å². The van der Waals surface area contributed by atoms with E-state index < -0.39 is 5.82 Å². The Kier molecular flexibility index (Phi) is 3.31. The van der Waals surface area contributed by atoms with Gasteiger partial charge in [0.1, 0.15) is 11.6 Å². The number of carbonyl (C=O) groups excluding carboxylic acids is 1. The van der Waals surface area contributed by atoms with E-state index in [9.17, 15) is 9.18 Å². The number of benzene rings is 1. The van der Waals surface area contributed by atoms with Crippen molar-refractivity contribution in [2.24, 2.45) is 11.8 Å². The van der Waals surface area contributed by atoms with Crippen LogP contribution < -0.4 is 5.32 Å². The molecule has 0 bridgehead atoms. The highest BCUT2D eigenvalue weighted by molar-refractivity contribution is 5.93. The molecule has 1 aliphatic rings. The van der Waals surface area contributed by atoms with Crippen molar-refractivity contribution in [3.05, 3.63) is 24.0 Å². The van der Waals surface area contributed by atoms with Gasteiger partial charge in [0.05, 0.1) is 5.69 Å². The van der Waals surface area contributed by atoms with Crippen molar-refractivity contribution in [1.82, 2.24) is 0 Å². The minimum absolute atomic E-state index is 0.0248. The molecule has 2 unspecified atom stereocenters. The van der Waals surface area contributed by atoms with Gasteiger partial charge in [0.25, 0.3) is 0 Å². The van der Waals surface area contributed by atoms with Crippen molar-refractivity contribution in [3.63, 3.8) is 0 Å². The van der Waals surface area contributed by atoms with Gasteiger partial charge in [0, 0.05) is 12.0 Å². The van der Waals surface area contributed by atoms with Crippen molar-refractivity contribution in [2.75, 3.05) is 5.32 Å². The molecule has 4 heteroatoms. The Morgan fingerprint density at radius 1 is 1.47 bits per heavy atom. The summed E-state index contributed by atoms with van der Waals surface area (Å²) < 4.78 is 13.4. The highest BCUT2D eigenvalue weighted by Crippen LogP contribution is 2.32. The number of nitrogens with one attached hydrogen (secondary N) is 1. The molecule has 1 fully saturated rings. The maximum absolute atomic E-state index is 13.4. The van der Waals surface area contributed by atoms with Gasteiger partial charge in [-0.05, 0) is 30.9 Å². The summed E-state index contributed by atoms with van der Waals surface area (Å²) >= 11 is 0. The second kappa shape index (κ2) is 4.73. The molecule has 0 heterocycles. The fraction of sp³-hybridized carbons (Fsp3) is 0.462. The van der Waals surface area contributed by atoms with E-state index in [0.717, 1.165) is 25.3 Å². The second-order valence-corrected chi connectivity index (χ2v) is 4.67. The third-order valence-electron chi connectivity index (χ3n) is 3.41. The average molecular weight is 237 g/mol. The summed E-state index contributed by atoms with van der Waals surface area (Å²) in [7, 11) is 0. The lowest BCUT2D eigenvalue weighted by Gasteiger charge is -2.15. The standard InChI is InChI=1S/C13H16FNO2/c1-8-3-2-4-10(8)13(17)15-12-6-5-9(16)7-11(12)14/h5-8,10,16H,2-4H2,1H3,(H,15,17). The van der Waals surface area contributed by atoms with E-state index in [1.54, 1.807) is 0 Å². The van der Waals surface area contributed by atoms with E-state index in [1.165, 1.54) is 12.1 Å². The van der Waals surface area contributed by atoms with Gasteiger partial charge in [-0.25, -0.2) is 4.39 Å². The normalized spacial score (nSPS) is 23.6. The molecule has 3 nitrogen and oxygen atoms in total. The van der Waals surface area contributed by atoms with E-state index in [0.29, 0.717) is 5.92 Å². The summed E-state index contributed by atoms with van der Waals surface area (Å²) in [6.07, 6.45) is 2.97. The first-order valence-corrected chi connectivity index (χ1v) is 5.87. The van der Waals surface area contributed by atoms with Crippen LogP contribution in [0, 0.1) is 17.7 Å². The SMILES string of the molecule is CC1CCCC1C(=O)Nc1ccc(O)cc1F. The lowest BCUT2D eigenvalue weighted by Crippen LogP contribution is -2.24. The van der Waals surface area contributed by atoms with Crippen molar-refractivity contribution < 1.29 is 14.3 Å². The van der Waals surface area contributed by atoms with Crippen LogP contribution in [0.1, 0.15) is 26.2 Å². The molecule has 2 N–H and O–H groups in total. The summed E-state index contributed by atoms with van der Waals surface area (Å²) in [5.74, 6) is -0.545. The Hall–Kier alpha value is -1.58. The zero-order chi connectivity index (χ0) is 12.4. The van der Waals surface area contributed by atoms with Crippen LogP contribution in [0.2, 0.25) is 0 Å². The van der Waals surface area contributed by atoms with Crippen molar-refractivity contribution in [3.8, 4) is 5.75 Å². The number of aromatic hydroxyl groups is 1. The Bertz CT molecular complexity index is 433. The lowest BCUT2D eigenvalue weighted by atomic mass is 9.97. The summed E-state index contributed by atoms with van der Waals surface area (Å²) in [5.41, 5.74) is 0.131. The molecule has 17 heavy (non-hydrogen) atoms. The van der Waals surface area contributed by atoms with Crippen molar-refractivity contribution in [1.29, 1.82) is 0 Å². The van der Waals surface area contributed by atoms with Crippen molar-refractivity contribution in [2.45, 2.75) is 26.2 Å². The first-order valence-electron chi connectivity index (χ1n) is 5.87. The van der Waals surface area contributed by atoms with Crippen LogP contribution in [0.4, 0.5) is 10.1 Å². The molecule has 2 atom stereocenters. The molecule has 0 spiro atoms. The Morgan fingerprint density at radius 2 is 2.24 bits per heavy atom. The molecular weight excluding hydrogens is 221 g/mol. The number of amides is 1. The van der Waals surface area contributed by atoms with Crippen LogP contribution in [0.25, 0.3) is 0 Å². The average Bonchev–Trinajstić information content (AvgIpc) is 2.68. The number of hydrogen-bond acceptors (Lipinski definition) is 2. The molecule has 0 aliphatic heterocycles. The highest BCUT2D eigenvalue weighted by atomic mass is 19.1. The van der Waals surface area contributed by atoms with Crippen LogP contribution in [0.3, 0.4) is 0 Å². The Morgan fingerprint density at radius 3 is 2.82 bits per heavy atom.